The highest BCUT2D eigenvalue weighted by atomic mass is 35.5. The van der Waals surface area contributed by atoms with Gasteiger partial charge >= 0.3 is 5.97 Å². The molecule has 2 aromatic carbocycles. The predicted molar refractivity (Wildman–Crippen MR) is 129 cm³/mol. The summed E-state index contributed by atoms with van der Waals surface area (Å²) in [5.41, 5.74) is 2.21. The van der Waals surface area contributed by atoms with Gasteiger partial charge in [0.15, 0.2) is 0 Å². The lowest BCUT2D eigenvalue weighted by atomic mass is 9.77. The molecule has 0 aromatic heterocycles. The maximum absolute atomic E-state index is 12.4. The van der Waals surface area contributed by atoms with Crippen molar-refractivity contribution in [1.82, 2.24) is 10.6 Å². The van der Waals surface area contributed by atoms with E-state index in [1.807, 2.05) is 24.3 Å². The van der Waals surface area contributed by atoms with E-state index in [4.69, 9.17) is 27.9 Å². The molecular weight excluding hydrogens is 463 g/mol. The molecule has 2 amide bonds. The van der Waals surface area contributed by atoms with E-state index in [0.717, 1.165) is 25.7 Å². The smallest absolute Gasteiger partial charge is 0.305 e. The van der Waals surface area contributed by atoms with Gasteiger partial charge < -0.3 is 15.4 Å². The molecule has 0 saturated heterocycles. The average Bonchev–Trinajstić information content (AvgIpc) is 2.83. The van der Waals surface area contributed by atoms with E-state index in [1.165, 1.54) is 18.7 Å². The summed E-state index contributed by atoms with van der Waals surface area (Å²) >= 11 is 11.8. The lowest BCUT2D eigenvalue weighted by Crippen LogP contribution is -2.34. The third-order valence-corrected chi connectivity index (χ3v) is 6.79. The summed E-state index contributed by atoms with van der Waals surface area (Å²) in [6.45, 7) is 0.593. The number of carbonyl (C=O) groups is 3. The Morgan fingerprint density at radius 1 is 0.848 bits per heavy atom. The van der Waals surface area contributed by atoms with Gasteiger partial charge in [-0.2, -0.15) is 0 Å². The maximum Gasteiger partial charge on any atom is 0.305 e. The minimum atomic E-state index is -0.284. The summed E-state index contributed by atoms with van der Waals surface area (Å²) in [6.07, 6.45) is 4.58. The number of methoxy groups -OCH3 is 1. The Morgan fingerprint density at radius 3 is 2.00 bits per heavy atom. The van der Waals surface area contributed by atoms with Gasteiger partial charge in [-0.15, -0.1) is 0 Å². The number of halogens is 2. The van der Waals surface area contributed by atoms with E-state index in [2.05, 4.69) is 10.6 Å². The molecule has 6 nitrogen and oxygen atoms in total. The number of ether oxygens (including phenoxy) is 1. The molecule has 0 unspecified atom stereocenters. The highest BCUT2D eigenvalue weighted by Crippen LogP contribution is 2.37. The number of esters is 1. The Balaban J connectivity index is 1.41. The van der Waals surface area contributed by atoms with Gasteiger partial charge in [-0.25, -0.2) is 0 Å². The van der Waals surface area contributed by atoms with Crippen LogP contribution in [-0.2, 0) is 9.53 Å². The van der Waals surface area contributed by atoms with Crippen molar-refractivity contribution in [2.75, 3.05) is 20.2 Å². The number of rotatable bonds is 8. The van der Waals surface area contributed by atoms with Gasteiger partial charge in [-0.3, -0.25) is 14.4 Å². The third kappa shape index (κ3) is 7.21. The number of amides is 2. The van der Waals surface area contributed by atoms with Crippen LogP contribution in [0, 0.1) is 5.92 Å². The van der Waals surface area contributed by atoms with Gasteiger partial charge in [-0.1, -0.05) is 35.3 Å². The fourth-order valence-electron chi connectivity index (χ4n) is 4.12. The molecule has 1 aliphatic rings. The molecule has 8 heteroatoms. The second-order valence-electron chi connectivity index (χ2n) is 8.26. The van der Waals surface area contributed by atoms with Crippen LogP contribution in [0.5, 0.6) is 0 Å². The van der Waals surface area contributed by atoms with E-state index in [-0.39, 0.29) is 24.3 Å². The molecule has 1 aliphatic carbocycles. The van der Waals surface area contributed by atoms with Gasteiger partial charge in [0.25, 0.3) is 11.8 Å². The number of hydrogen-bond donors (Lipinski definition) is 2. The van der Waals surface area contributed by atoms with E-state index >= 15 is 0 Å². The Bertz CT molecular complexity index is 986. The standard InChI is InChI=1S/C25H28Cl2N2O4/c1-33-23(30)14-16-2-4-17(5-3-16)18-6-8-19(9-7-18)24(31)28-12-13-29-25(32)20-10-11-21(26)22(27)15-20/h6-11,15-17H,2-5,12-14H2,1H3,(H,28,31)(H,29,32)/t16-,17-. The lowest BCUT2D eigenvalue weighted by Gasteiger charge is -2.28. The van der Waals surface area contributed by atoms with Gasteiger partial charge in [0.1, 0.15) is 0 Å². The maximum atomic E-state index is 12.4. The first-order valence-electron chi connectivity index (χ1n) is 11.1. The van der Waals surface area contributed by atoms with Crippen LogP contribution in [0.4, 0.5) is 0 Å². The fraction of sp³-hybridized carbons (Fsp3) is 0.400. The zero-order chi connectivity index (χ0) is 23.8. The highest BCUT2D eigenvalue weighted by Gasteiger charge is 2.24. The van der Waals surface area contributed by atoms with Crippen LogP contribution in [0.2, 0.25) is 10.0 Å². The second kappa shape index (κ2) is 12.1. The van der Waals surface area contributed by atoms with Crippen molar-refractivity contribution < 1.29 is 19.1 Å². The SMILES string of the molecule is COC(=O)C[C@H]1CC[C@H](c2ccc(C(=O)NCCNC(=O)c3ccc(Cl)c(Cl)c3)cc2)CC1. The second-order valence-corrected chi connectivity index (χ2v) is 9.08. The third-order valence-electron chi connectivity index (χ3n) is 6.05. The van der Waals surface area contributed by atoms with Crippen molar-refractivity contribution in [2.24, 2.45) is 5.92 Å². The molecule has 0 atom stereocenters. The van der Waals surface area contributed by atoms with Crippen LogP contribution in [0.15, 0.2) is 42.5 Å². The summed E-state index contributed by atoms with van der Waals surface area (Å²) < 4.78 is 4.77. The van der Waals surface area contributed by atoms with Crippen LogP contribution < -0.4 is 10.6 Å². The average molecular weight is 491 g/mol. The summed E-state index contributed by atoms with van der Waals surface area (Å²) in [7, 11) is 1.43. The molecule has 3 rings (SSSR count). The van der Waals surface area contributed by atoms with Crippen molar-refractivity contribution in [3.8, 4) is 0 Å². The Hall–Kier alpha value is -2.57. The van der Waals surface area contributed by atoms with Crippen molar-refractivity contribution in [1.29, 1.82) is 0 Å². The van der Waals surface area contributed by atoms with E-state index in [0.29, 0.717) is 46.0 Å². The number of benzene rings is 2. The minimum Gasteiger partial charge on any atom is -0.469 e. The summed E-state index contributed by atoms with van der Waals surface area (Å²) in [5.74, 6) is 0.242. The first-order valence-corrected chi connectivity index (χ1v) is 11.8. The zero-order valence-electron chi connectivity index (χ0n) is 18.5. The molecule has 1 fully saturated rings. The Kier molecular flexibility index (Phi) is 9.15. The van der Waals surface area contributed by atoms with Crippen molar-refractivity contribution in [3.63, 3.8) is 0 Å². The van der Waals surface area contributed by atoms with Gasteiger partial charge in [0, 0.05) is 30.6 Å². The Labute approximate surface area is 204 Å². The highest BCUT2D eigenvalue weighted by molar-refractivity contribution is 6.42. The molecule has 0 bridgehead atoms. The van der Waals surface area contributed by atoms with Crippen LogP contribution in [0.3, 0.4) is 0 Å². The molecular formula is C25H28Cl2N2O4. The molecule has 1 saturated carbocycles. The quantitative estimate of drug-likeness (QED) is 0.403. The summed E-state index contributed by atoms with van der Waals surface area (Å²) in [4.78, 5) is 36.0. The molecule has 33 heavy (non-hydrogen) atoms. The lowest BCUT2D eigenvalue weighted by molar-refractivity contribution is -0.142. The molecule has 0 heterocycles. The number of nitrogens with one attached hydrogen (secondary N) is 2. The van der Waals surface area contributed by atoms with Crippen LogP contribution in [-0.4, -0.2) is 38.0 Å². The molecule has 176 valence electrons. The van der Waals surface area contributed by atoms with Crippen molar-refractivity contribution >= 4 is 41.0 Å². The molecule has 0 radical (unpaired) electrons. The summed E-state index contributed by atoms with van der Waals surface area (Å²) in [6, 6.07) is 12.3. The monoisotopic (exact) mass is 490 g/mol. The van der Waals surface area contributed by atoms with Gasteiger partial charge in [-0.05, 0) is 73.4 Å². The van der Waals surface area contributed by atoms with Crippen molar-refractivity contribution in [2.45, 2.75) is 38.0 Å². The van der Waals surface area contributed by atoms with E-state index in [1.54, 1.807) is 12.1 Å². The molecule has 2 N–H and O–H groups in total. The first-order chi connectivity index (χ1) is 15.9. The number of hydrogen-bond acceptors (Lipinski definition) is 4. The fourth-order valence-corrected chi connectivity index (χ4v) is 4.42. The largest absolute Gasteiger partial charge is 0.469 e. The Morgan fingerprint density at radius 2 is 1.42 bits per heavy atom. The topological polar surface area (TPSA) is 84.5 Å². The van der Waals surface area contributed by atoms with Crippen LogP contribution in [0.1, 0.15) is 64.3 Å². The first kappa shape index (κ1) is 25.1. The van der Waals surface area contributed by atoms with Crippen LogP contribution >= 0.6 is 23.2 Å². The zero-order valence-corrected chi connectivity index (χ0v) is 20.0. The summed E-state index contributed by atoms with van der Waals surface area (Å²) in [5, 5.41) is 6.25. The van der Waals surface area contributed by atoms with E-state index < -0.39 is 0 Å². The number of carbonyl (C=O) groups excluding carboxylic acids is 3. The minimum absolute atomic E-state index is 0.136. The molecule has 0 spiro atoms. The van der Waals surface area contributed by atoms with E-state index in [9.17, 15) is 14.4 Å². The van der Waals surface area contributed by atoms with Crippen molar-refractivity contribution in [3.05, 3.63) is 69.2 Å². The predicted octanol–water partition coefficient (Wildman–Crippen LogP) is 4.99. The van der Waals surface area contributed by atoms with Gasteiger partial charge in [0.2, 0.25) is 0 Å². The van der Waals surface area contributed by atoms with Crippen LogP contribution in [0.25, 0.3) is 0 Å². The van der Waals surface area contributed by atoms with Gasteiger partial charge in [0.05, 0.1) is 17.2 Å². The molecule has 2 aromatic rings. The normalized spacial score (nSPS) is 17.8. The molecule has 0 aliphatic heterocycles.